The molecular formula is C16H15Cl2FO. The van der Waals surface area contributed by atoms with Crippen molar-refractivity contribution in [1.82, 2.24) is 0 Å². The van der Waals surface area contributed by atoms with Crippen molar-refractivity contribution in [2.75, 3.05) is 6.61 Å². The zero-order chi connectivity index (χ0) is 14.7. The van der Waals surface area contributed by atoms with Crippen LogP contribution in [-0.4, -0.2) is 6.61 Å². The number of alkyl halides is 1. The summed E-state index contributed by atoms with van der Waals surface area (Å²) in [4.78, 5) is 0. The summed E-state index contributed by atoms with van der Waals surface area (Å²) in [6.45, 7) is 4.41. The number of ether oxygens (including phenoxy) is 1. The van der Waals surface area contributed by atoms with Gasteiger partial charge in [0.25, 0.3) is 0 Å². The molecule has 0 saturated heterocycles. The molecule has 0 bridgehead atoms. The fourth-order valence-corrected chi connectivity index (χ4v) is 2.68. The Morgan fingerprint density at radius 2 is 1.95 bits per heavy atom. The van der Waals surface area contributed by atoms with E-state index in [1.807, 2.05) is 32.0 Å². The summed E-state index contributed by atoms with van der Waals surface area (Å²) in [6, 6.07) is 10.4. The highest BCUT2D eigenvalue weighted by atomic mass is 35.5. The molecule has 4 heteroatoms. The highest BCUT2D eigenvalue weighted by Gasteiger charge is 2.20. The molecule has 2 rings (SSSR count). The maximum absolute atomic E-state index is 13.6. The van der Waals surface area contributed by atoms with Crippen LogP contribution >= 0.6 is 23.2 Å². The van der Waals surface area contributed by atoms with E-state index < -0.39 is 11.2 Å². The molecule has 106 valence electrons. The van der Waals surface area contributed by atoms with Gasteiger partial charge in [-0.2, -0.15) is 0 Å². The van der Waals surface area contributed by atoms with E-state index in [0.717, 1.165) is 11.1 Å². The number of rotatable bonds is 4. The minimum atomic E-state index is -0.556. The first kappa shape index (κ1) is 15.1. The smallest absolute Gasteiger partial charge is 0.142 e. The van der Waals surface area contributed by atoms with Crippen molar-refractivity contribution in [2.24, 2.45) is 0 Å². The van der Waals surface area contributed by atoms with Crippen LogP contribution in [0, 0.1) is 12.7 Å². The molecule has 0 aliphatic carbocycles. The third kappa shape index (κ3) is 3.08. The van der Waals surface area contributed by atoms with Crippen molar-refractivity contribution in [3.05, 3.63) is 63.9 Å². The molecule has 0 aliphatic heterocycles. The van der Waals surface area contributed by atoms with E-state index in [0.29, 0.717) is 17.9 Å². The molecule has 1 unspecified atom stereocenters. The van der Waals surface area contributed by atoms with Crippen LogP contribution in [0.25, 0.3) is 0 Å². The second-order valence-electron chi connectivity index (χ2n) is 4.48. The van der Waals surface area contributed by atoms with Gasteiger partial charge in [0.2, 0.25) is 0 Å². The molecule has 2 aromatic rings. The van der Waals surface area contributed by atoms with E-state index in [4.69, 9.17) is 27.9 Å². The summed E-state index contributed by atoms with van der Waals surface area (Å²) in [7, 11) is 0. The normalized spacial score (nSPS) is 12.2. The van der Waals surface area contributed by atoms with Crippen LogP contribution in [0.1, 0.15) is 29.0 Å². The van der Waals surface area contributed by atoms with Crippen molar-refractivity contribution in [1.29, 1.82) is 0 Å². The molecule has 1 atom stereocenters. The summed E-state index contributed by atoms with van der Waals surface area (Å²) in [5.41, 5.74) is 2.39. The molecule has 0 saturated carbocycles. The van der Waals surface area contributed by atoms with Gasteiger partial charge in [0.1, 0.15) is 11.6 Å². The van der Waals surface area contributed by atoms with Crippen molar-refractivity contribution in [3.63, 3.8) is 0 Å². The maximum atomic E-state index is 13.6. The van der Waals surface area contributed by atoms with Crippen LogP contribution in [-0.2, 0) is 0 Å². The van der Waals surface area contributed by atoms with Gasteiger partial charge in [-0.15, -0.1) is 11.6 Å². The summed E-state index contributed by atoms with van der Waals surface area (Å²) < 4.78 is 19.1. The fraction of sp³-hybridized carbons (Fsp3) is 0.250. The molecule has 0 fully saturated rings. The first-order chi connectivity index (χ1) is 9.54. The second kappa shape index (κ2) is 6.47. The topological polar surface area (TPSA) is 9.23 Å². The van der Waals surface area contributed by atoms with Crippen molar-refractivity contribution >= 4 is 23.2 Å². The molecular weight excluding hydrogens is 298 g/mol. The van der Waals surface area contributed by atoms with Gasteiger partial charge in [0.05, 0.1) is 17.0 Å². The molecule has 0 radical (unpaired) electrons. The Morgan fingerprint density at radius 3 is 2.65 bits per heavy atom. The Bertz CT molecular complexity index is 613. The molecule has 0 spiro atoms. The minimum Gasteiger partial charge on any atom is -0.494 e. The van der Waals surface area contributed by atoms with E-state index in [9.17, 15) is 4.39 Å². The quantitative estimate of drug-likeness (QED) is 0.676. The van der Waals surface area contributed by atoms with Crippen LogP contribution in [0.4, 0.5) is 4.39 Å². The molecule has 0 aliphatic rings. The standard InChI is InChI=1S/C16H15Cl2FO/c1-3-20-14-8-7-10(2)9-12(14)15(17)11-5-4-6-13(19)16(11)18/h4-9,15H,3H2,1-2H3. The predicted octanol–water partition coefficient (Wildman–Crippen LogP) is 5.51. The van der Waals surface area contributed by atoms with Crippen LogP contribution < -0.4 is 4.74 Å². The lowest BCUT2D eigenvalue weighted by atomic mass is 10.0. The SMILES string of the molecule is CCOc1ccc(C)cc1C(Cl)c1cccc(F)c1Cl. The van der Waals surface area contributed by atoms with E-state index >= 15 is 0 Å². The van der Waals surface area contributed by atoms with Gasteiger partial charge in [-0.25, -0.2) is 4.39 Å². The van der Waals surface area contributed by atoms with Crippen molar-refractivity contribution in [3.8, 4) is 5.75 Å². The zero-order valence-corrected chi connectivity index (χ0v) is 12.8. The number of hydrogen-bond donors (Lipinski definition) is 0. The van der Waals surface area contributed by atoms with Gasteiger partial charge in [0.15, 0.2) is 0 Å². The van der Waals surface area contributed by atoms with Crippen molar-refractivity contribution in [2.45, 2.75) is 19.2 Å². The average Bonchev–Trinajstić information content (AvgIpc) is 2.43. The predicted molar refractivity (Wildman–Crippen MR) is 81.5 cm³/mol. The van der Waals surface area contributed by atoms with E-state index in [-0.39, 0.29) is 5.02 Å². The summed E-state index contributed by atoms with van der Waals surface area (Å²) >= 11 is 12.5. The third-order valence-electron chi connectivity index (χ3n) is 2.99. The largest absolute Gasteiger partial charge is 0.494 e. The summed E-state index contributed by atoms with van der Waals surface area (Å²) in [5.74, 6) is 0.221. The van der Waals surface area contributed by atoms with Gasteiger partial charge in [-0.1, -0.05) is 41.4 Å². The maximum Gasteiger partial charge on any atom is 0.142 e. The lowest BCUT2D eigenvalue weighted by Gasteiger charge is -2.17. The Labute approximate surface area is 128 Å². The first-order valence-electron chi connectivity index (χ1n) is 6.36. The molecule has 0 amide bonds. The fourth-order valence-electron chi connectivity index (χ4n) is 2.04. The number of hydrogen-bond acceptors (Lipinski definition) is 1. The Balaban J connectivity index is 2.49. The van der Waals surface area contributed by atoms with Gasteiger partial charge in [0, 0.05) is 5.56 Å². The Morgan fingerprint density at radius 1 is 1.20 bits per heavy atom. The van der Waals surface area contributed by atoms with Gasteiger partial charge in [-0.3, -0.25) is 0 Å². The highest BCUT2D eigenvalue weighted by Crippen LogP contribution is 2.39. The van der Waals surface area contributed by atoms with Crippen LogP contribution in [0.3, 0.4) is 0 Å². The lowest BCUT2D eigenvalue weighted by Crippen LogP contribution is -2.02. The van der Waals surface area contributed by atoms with Crippen molar-refractivity contribution < 1.29 is 9.13 Å². The van der Waals surface area contributed by atoms with Crippen LogP contribution in [0.2, 0.25) is 5.02 Å². The average molecular weight is 313 g/mol. The van der Waals surface area contributed by atoms with Crippen LogP contribution in [0.5, 0.6) is 5.75 Å². The molecule has 0 heterocycles. The summed E-state index contributed by atoms with van der Waals surface area (Å²) in [6.07, 6.45) is 0. The molecule has 0 N–H and O–H groups in total. The van der Waals surface area contributed by atoms with Gasteiger partial charge >= 0.3 is 0 Å². The number of benzene rings is 2. The lowest BCUT2D eigenvalue weighted by molar-refractivity contribution is 0.337. The number of halogens is 3. The summed E-state index contributed by atoms with van der Waals surface area (Å²) in [5, 5.41) is -0.504. The Hall–Kier alpha value is -1.25. The number of aryl methyl sites for hydroxylation is 1. The van der Waals surface area contributed by atoms with Gasteiger partial charge in [-0.05, 0) is 31.5 Å². The van der Waals surface area contributed by atoms with E-state index in [1.54, 1.807) is 12.1 Å². The zero-order valence-electron chi connectivity index (χ0n) is 11.3. The molecule has 2 aromatic carbocycles. The highest BCUT2D eigenvalue weighted by molar-refractivity contribution is 6.33. The van der Waals surface area contributed by atoms with Crippen LogP contribution in [0.15, 0.2) is 36.4 Å². The molecule has 0 aromatic heterocycles. The molecule has 20 heavy (non-hydrogen) atoms. The van der Waals surface area contributed by atoms with E-state index in [1.165, 1.54) is 6.07 Å². The third-order valence-corrected chi connectivity index (χ3v) is 3.86. The molecule has 1 nitrogen and oxygen atoms in total. The van der Waals surface area contributed by atoms with E-state index in [2.05, 4.69) is 0 Å². The first-order valence-corrected chi connectivity index (χ1v) is 7.17. The minimum absolute atomic E-state index is 0.0523. The monoisotopic (exact) mass is 312 g/mol. The second-order valence-corrected chi connectivity index (χ2v) is 5.29. The Kier molecular flexibility index (Phi) is 4.90. The van der Waals surface area contributed by atoms with Gasteiger partial charge < -0.3 is 4.74 Å².